The van der Waals surface area contributed by atoms with Gasteiger partial charge in [0.1, 0.15) is 0 Å². The van der Waals surface area contributed by atoms with Crippen molar-refractivity contribution in [2.75, 3.05) is 18.6 Å². The lowest BCUT2D eigenvalue weighted by molar-refractivity contribution is -0.125. The SMILES string of the molecule is CSCC(C)C(=O)NC1C(C)CCNC1C.Cl. The highest BCUT2D eigenvalue weighted by Gasteiger charge is 2.29. The van der Waals surface area contributed by atoms with E-state index in [4.69, 9.17) is 0 Å². The van der Waals surface area contributed by atoms with Crippen molar-refractivity contribution in [1.82, 2.24) is 10.6 Å². The molecule has 0 aliphatic carbocycles. The Kier molecular flexibility index (Phi) is 8.25. The maximum Gasteiger partial charge on any atom is 0.223 e. The van der Waals surface area contributed by atoms with Crippen LogP contribution < -0.4 is 10.6 Å². The molecule has 1 saturated heterocycles. The van der Waals surface area contributed by atoms with Crippen molar-refractivity contribution >= 4 is 30.1 Å². The van der Waals surface area contributed by atoms with Gasteiger partial charge in [0.25, 0.3) is 0 Å². The van der Waals surface area contributed by atoms with Gasteiger partial charge < -0.3 is 10.6 Å². The number of nitrogens with one attached hydrogen (secondary N) is 2. The molecular formula is C12H25ClN2OS. The molecule has 0 aromatic rings. The van der Waals surface area contributed by atoms with E-state index in [0.717, 1.165) is 18.7 Å². The summed E-state index contributed by atoms with van der Waals surface area (Å²) in [5.41, 5.74) is 0. The van der Waals surface area contributed by atoms with Gasteiger partial charge in [-0.15, -0.1) is 12.4 Å². The van der Waals surface area contributed by atoms with Gasteiger partial charge in [0, 0.05) is 23.8 Å². The molecule has 0 saturated carbocycles. The number of carbonyl (C=O) groups is 1. The minimum atomic E-state index is 0. The fourth-order valence-electron chi connectivity index (χ4n) is 2.24. The van der Waals surface area contributed by atoms with E-state index in [-0.39, 0.29) is 30.3 Å². The lowest BCUT2D eigenvalue weighted by Crippen LogP contribution is -2.56. The fourth-order valence-corrected chi connectivity index (χ4v) is 2.89. The number of thioether (sulfide) groups is 1. The van der Waals surface area contributed by atoms with Gasteiger partial charge in [-0.1, -0.05) is 13.8 Å². The molecule has 4 atom stereocenters. The van der Waals surface area contributed by atoms with Gasteiger partial charge in [-0.25, -0.2) is 0 Å². The summed E-state index contributed by atoms with van der Waals surface area (Å²) in [5, 5.41) is 6.61. The van der Waals surface area contributed by atoms with Crippen LogP contribution in [0.3, 0.4) is 0 Å². The third-order valence-corrected chi connectivity index (χ3v) is 4.22. The number of hydrogen-bond donors (Lipinski definition) is 2. The Morgan fingerprint density at radius 3 is 2.71 bits per heavy atom. The predicted octanol–water partition coefficient (Wildman–Crippen LogP) is 1.91. The van der Waals surface area contributed by atoms with E-state index in [1.807, 2.05) is 13.2 Å². The summed E-state index contributed by atoms with van der Waals surface area (Å²) >= 11 is 1.73. The summed E-state index contributed by atoms with van der Waals surface area (Å²) < 4.78 is 0. The van der Waals surface area contributed by atoms with Crippen LogP contribution in [0, 0.1) is 11.8 Å². The Labute approximate surface area is 115 Å². The Bertz CT molecular complexity index is 231. The van der Waals surface area contributed by atoms with E-state index in [2.05, 4.69) is 24.5 Å². The molecule has 4 unspecified atom stereocenters. The average Bonchev–Trinajstić information content (AvgIpc) is 2.23. The highest BCUT2D eigenvalue weighted by atomic mass is 35.5. The van der Waals surface area contributed by atoms with Gasteiger partial charge in [-0.2, -0.15) is 11.8 Å². The second kappa shape index (κ2) is 8.22. The van der Waals surface area contributed by atoms with Gasteiger partial charge in [-0.3, -0.25) is 4.79 Å². The molecule has 0 aromatic carbocycles. The molecule has 1 fully saturated rings. The highest BCUT2D eigenvalue weighted by Crippen LogP contribution is 2.17. The molecule has 102 valence electrons. The van der Waals surface area contributed by atoms with Crippen LogP contribution >= 0.6 is 24.2 Å². The van der Waals surface area contributed by atoms with Crippen molar-refractivity contribution in [1.29, 1.82) is 0 Å². The fraction of sp³-hybridized carbons (Fsp3) is 0.917. The molecular weight excluding hydrogens is 256 g/mol. The molecule has 3 nitrogen and oxygen atoms in total. The van der Waals surface area contributed by atoms with Gasteiger partial charge in [-0.05, 0) is 32.1 Å². The Morgan fingerprint density at radius 2 is 2.18 bits per heavy atom. The second-order valence-corrected chi connectivity index (χ2v) is 5.81. The quantitative estimate of drug-likeness (QED) is 0.827. The van der Waals surface area contributed by atoms with Crippen LogP contribution in [0.4, 0.5) is 0 Å². The summed E-state index contributed by atoms with van der Waals surface area (Å²) in [4.78, 5) is 11.9. The van der Waals surface area contributed by atoms with Crippen LogP contribution in [-0.4, -0.2) is 36.5 Å². The number of amides is 1. The van der Waals surface area contributed by atoms with Gasteiger partial charge in [0.15, 0.2) is 0 Å². The summed E-state index contributed by atoms with van der Waals surface area (Å²) in [6.07, 6.45) is 3.18. The van der Waals surface area contributed by atoms with Crippen molar-refractivity contribution in [3.8, 4) is 0 Å². The van der Waals surface area contributed by atoms with Crippen molar-refractivity contribution in [2.24, 2.45) is 11.8 Å². The molecule has 1 rings (SSSR count). The zero-order valence-corrected chi connectivity index (χ0v) is 12.8. The first-order valence-electron chi connectivity index (χ1n) is 6.09. The number of piperidine rings is 1. The molecule has 0 bridgehead atoms. The van der Waals surface area contributed by atoms with Crippen LogP contribution in [0.1, 0.15) is 27.2 Å². The lowest BCUT2D eigenvalue weighted by Gasteiger charge is -2.36. The Balaban J connectivity index is 0.00000256. The topological polar surface area (TPSA) is 41.1 Å². The first-order chi connectivity index (χ1) is 7.56. The molecule has 1 aliphatic heterocycles. The van der Waals surface area contributed by atoms with E-state index < -0.39 is 0 Å². The third-order valence-electron chi connectivity index (χ3n) is 3.39. The van der Waals surface area contributed by atoms with Crippen molar-refractivity contribution in [2.45, 2.75) is 39.3 Å². The third kappa shape index (κ3) is 5.06. The summed E-state index contributed by atoms with van der Waals surface area (Å²) in [6, 6.07) is 0.666. The first kappa shape index (κ1) is 17.1. The number of carbonyl (C=O) groups excluding carboxylic acids is 1. The van der Waals surface area contributed by atoms with Crippen molar-refractivity contribution in [3.63, 3.8) is 0 Å². The first-order valence-corrected chi connectivity index (χ1v) is 7.48. The second-order valence-electron chi connectivity index (χ2n) is 4.90. The monoisotopic (exact) mass is 280 g/mol. The van der Waals surface area contributed by atoms with Crippen LogP contribution in [0.2, 0.25) is 0 Å². The minimum Gasteiger partial charge on any atom is -0.351 e. The summed E-state index contributed by atoms with van der Waals surface area (Å²) in [7, 11) is 0. The standard InChI is InChI=1S/C12H24N2OS.ClH/c1-8-5-6-13-10(3)11(8)14-12(15)9(2)7-16-4;/h8-11,13H,5-7H2,1-4H3,(H,14,15);1H. The van der Waals surface area contributed by atoms with E-state index in [9.17, 15) is 4.79 Å². The number of rotatable bonds is 4. The zero-order valence-electron chi connectivity index (χ0n) is 11.2. The molecule has 5 heteroatoms. The molecule has 1 heterocycles. The number of hydrogen-bond acceptors (Lipinski definition) is 3. The lowest BCUT2D eigenvalue weighted by atomic mass is 9.89. The van der Waals surface area contributed by atoms with E-state index in [1.54, 1.807) is 11.8 Å². The normalized spacial score (nSPS) is 30.2. The Hall–Kier alpha value is 0.0700. The maximum atomic E-state index is 11.9. The zero-order chi connectivity index (χ0) is 12.1. The van der Waals surface area contributed by atoms with E-state index in [0.29, 0.717) is 12.0 Å². The van der Waals surface area contributed by atoms with Crippen molar-refractivity contribution < 1.29 is 4.79 Å². The molecule has 0 spiro atoms. The minimum absolute atomic E-state index is 0. The average molecular weight is 281 g/mol. The van der Waals surface area contributed by atoms with Gasteiger partial charge in [0.05, 0.1) is 0 Å². The van der Waals surface area contributed by atoms with E-state index >= 15 is 0 Å². The smallest absolute Gasteiger partial charge is 0.223 e. The number of halogens is 1. The van der Waals surface area contributed by atoms with Gasteiger partial charge in [0.2, 0.25) is 5.91 Å². The van der Waals surface area contributed by atoms with Crippen LogP contribution in [0.5, 0.6) is 0 Å². The molecule has 0 aromatic heterocycles. The molecule has 0 radical (unpaired) electrons. The largest absolute Gasteiger partial charge is 0.351 e. The molecule has 2 N–H and O–H groups in total. The van der Waals surface area contributed by atoms with Crippen LogP contribution in [0.15, 0.2) is 0 Å². The molecule has 1 amide bonds. The molecule has 1 aliphatic rings. The van der Waals surface area contributed by atoms with Crippen molar-refractivity contribution in [3.05, 3.63) is 0 Å². The predicted molar refractivity (Wildman–Crippen MR) is 78.0 cm³/mol. The van der Waals surface area contributed by atoms with Crippen LogP contribution in [0.25, 0.3) is 0 Å². The maximum absolute atomic E-state index is 11.9. The van der Waals surface area contributed by atoms with Crippen LogP contribution in [-0.2, 0) is 4.79 Å². The summed E-state index contributed by atoms with van der Waals surface area (Å²) in [5.74, 6) is 1.77. The Morgan fingerprint density at radius 1 is 1.53 bits per heavy atom. The van der Waals surface area contributed by atoms with Gasteiger partial charge >= 0.3 is 0 Å². The molecule has 17 heavy (non-hydrogen) atoms. The summed E-state index contributed by atoms with van der Waals surface area (Å²) in [6.45, 7) is 7.44. The highest BCUT2D eigenvalue weighted by molar-refractivity contribution is 7.98. The van der Waals surface area contributed by atoms with E-state index in [1.165, 1.54) is 0 Å².